The van der Waals surface area contributed by atoms with E-state index < -0.39 is 25.6 Å². The molecule has 1 atom stereocenters. The second-order valence-corrected chi connectivity index (χ2v) is 9.32. The fraction of sp³-hybridized carbons (Fsp3) is 0.727. The molecule has 0 N–H and O–H groups in total. The number of hydrogen-bond donors (Lipinski definition) is 0. The van der Waals surface area contributed by atoms with Crippen molar-refractivity contribution in [2.24, 2.45) is 0 Å². The van der Waals surface area contributed by atoms with Crippen molar-refractivity contribution in [3.8, 4) is 0 Å². The first-order valence-electron chi connectivity index (χ1n) is 6.18. The van der Waals surface area contributed by atoms with E-state index in [1.54, 1.807) is 4.68 Å². The van der Waals surface area contributed by atoms with Crippen LogP contribution in [0.1, 0.15) is 20.8 Å². The van der Waals surface area contributed by atoms with E-state index in [9.17, 15) is 12.6 Å². The maximum atomic E-state index is 12.5. The minimum atomic E-state index is -3.53. The Morgan fingerprint density at radius 3 is 2.68 bits per heavy atom. The zero-order valence-corrected chi connectivity index (χ0v) is 13.0. The van der Waals surface area contributed by atoms with Gasteiger partial charge in [-0.05, 0) is 20.8 Å². The van der Waals surface area contributed by atoms with E-state index in [0.717, 1.165) is 0 Å². The summed E-state index contributed by atoms with van der Waals surface area (Å²) in [6.07, 6.45) is 2.91. The number of aromatic nitrogens is 2. The van der Waals surface area contributed by atoms with E-state index in [2.05, 4.69) is 5.10 Å². The van der Waals surface area contributed by atoms with Crippen LogP contribution in [-0.4, -0.2) is 50.3 Å². The Morgan fingerprint density at radius 2 is 2.16 bits per heavy atom. The molecule has 1 saturated heterocycles. The standard InChI is InChI=1S/C11H19N3O3S2/c1-4-13-8-10(7-12-13)19(16,17)14-5-6-18(15)11(2,3)9-14/h7-8H,4-6,9H2,1-3H3/t18-/m1/s1. The smallest absolute Gasteiger partial charge is 0.246 e. The molecule has 0 unspecified atom stereocenters. The lowest BCUT2D eigenvalue weighted by molar-refractivity contribution is 0.378. The van der Waals surface area contributed by atoms with Gasteiger partial charge in [0.05, 0.1) is 10.9 Å². The molecule has 1 aliphatic heterocycles. The molecule has 1 aromatic rings. The maximum absolute atomic E-state index is 12.5. The highest BCUT2D eigenvalue weighted by atomic mass is 32.2. The van der Waals surface area contributed by atoms with E-state index in [0.29, 0.717) is 18.8 Å². The molecule has 0 bridgehead atoms. The molecule has 1 aromatic heterocycles. The van der Waals surface area contributed by atoms with Crippen LogP contribution in [0.5, 0.6) is 0 Å². The number of rotatable bonds is 3. The van der Waals surface area contributed by atoms with Crippen molar-refractivity contribution in [3.63, 3.8) is 0 Å². The Hall–Kier alpha value is -0.730. The van der Waals surface area contributed by atoms with Gasteiger partial charge in [-0.15, -0.1) is 0 Å². The van der Waals surface area contributed by atoms with Gasteiger partial charge in [0, 0.05) is 42.4 Å². The van der Waals surface area contributed by atoms with Crippen molar-refractivity contribution in [2.75, 3.05) is 18.8 Å². The minimum Gasteiger partial charge on any atom is -0.272 e. The quantitative estimate of drug-likeness (QED) is 0.812. The second-order valence-electron chi connectivity index (χ2n) is 5.18. The van der Waals surface area contributed by atoms with Crippen molar-refractivity contribution in [1.29, 1.82) is 0 Å². The van der Waals surface area contributed by atoms with E-state index in [-0.39, 0.29) is 11.4 Å². The van der Waals surface area contributed by atoms with Crippen LogP contribution in [0.15, 0.2) is 17.3 Å². The van der Waals surface area contributed by atoms with Gasteiger partial charge in [0.2, 0.25) is 10.0 Å². The normalized spacial score (nSPS) is 24.5. The third-order valence-electron chi connectivity index (χ3n) is 3.27. The second kappa shape index (κ2) is 4.99. The van der Waals surface area contributed by atoms with Gasteiger partial charge in [-0.1, -0.05) is 0 Å². The number of sulfonamides is 1. The molecule has 2 heterocycles. The highest BCUT2D eigenvalue weighted by Gasteiger charge is 2.39. The Kier molecular flexibility index (Phi) is 3.85. The summed E-state index contributed by atoms with van der Waals surface area (Å²) in [4.78, 5) is 0.206. The largest absolute Gasteiger partial charge is 0.272 e. The minimum absolute atomic E-state index is 0.206. The molecule has 0 saturated carbocycles. The van der Waals surface area contributed by atoms with Crippen LogP contribution in [-0.2, 0) is 27.4 Å². The summed E-state index contributed by atoms with van der Waals surface area (Å²) in [6.45, 7) is 6.77. The lowest BCUT2D eigenvalue weighted by Gasteiger charge is -2.36. The van der Waals surface area contributed by atoms with Crippen LogP contribution in [0, 0.1) is 0 Å². The zero-order valence-electron chi connectivity index (χ0n) is 11.4. The Bertz CT molecular complexity index is 592. The number of aryl methyl sites for hydroxylation is 1. The number of hydrogen-bond acceptors (Lipinski definition) is 4. The van der Waals surface area contributed by atoms with Crippen LogP contribution in [0.3, 0.4) is 0 Å². The molecule has 0 spiro atoms. The van der Waals surface area contributed by atoms with Gasteiger partial charge in [-0.25, -0.2) is 8.42 Å². The average Bonchev–Trinajstić information content (AvgIpc) is 2.81. The molecule has 0 radical (unpaired) electrons. The SMILES string of the molecule is CCn1cc(S(=O)(=O)N2CC[S@@](=O)C(C)(C)C2)cn1. The van der Waals surface area contributed by atoms with Gasteiger partial charge < -0.3 is 0 Å². The van der Waals surface area contributed by atoms with Gasteiger partial charge >= 0.3 is 0 Å². The van der Waals surface area contributed by atoms with Gasteiger partial charge in [-0.2, -0.15) is 9.40 Å². The van der Waals surface area contributed by atoms with Gasteiger partial charge in [0.15, 0.2) is 0 Å². The van der Waals surface area contributed by atoms with Crippen molar-refractivity contribution in [1.82, 2.24) is 14.1 Å². The molecule has 0 aromatic carbocycles. The first kappa shape index (κ1) is 14.7. The molecular formula is C11H19N3O3S2. The van der Waals surface area contributed by atoms with E-state index in [4.69, 9.17) is 0 Å². The van der Waals surface area contributed by atoms with Crippen molar-refractivity contribution in [3.05, 3.63) is 12.4 Å². The summed E-state index contributed by atoms with van der Waals surface area (Å²) < 4.78 is 39.3. The van der Waals surface area contributed by atoms with Crippen LogP contribution in [0.2, 0.25) is 0 Å². The highest BCUT2D eigenvalue weighted by Crippen LogP contribution is 2.25. The first-order chi connectivity index (χ1) is 8.77. The Morgan fingerprint density at radius 1 is 1.47 bits per heavy atom. The van der Waals surface area contributed by atoms with Crippen molar-refractivity contribution in [2.45, 2.75) is 37.0 Å². The first-order valence-corrected chi connectivity index (χ1v) is 8.94. The summed E-state index contributed by atoms with van der Waals surface area (Å²) in [7, 11) is -4.52. The van der Waals surface area contributed by atoms with Gasteiger partial charge in [-0.3, -0.25) is 8.89 Å². The summed E-state index contributed by atoms with van der Waals surface area (Å²) in [5, 5.41) is 4.00. The zero-order chi connectivity index (χ0) is 14.3. The van der Waals surface area contributed by atoms with Crippen LogP contribution in [0.4, 0.5) is 0 Å². The third kappa shape index (κ3) is 2.75. The molecule has 6 nitrogen and oxygen atoms in total. The van der Waals surface area contributed by atoms with Crippen LogP contribution in [0.25, 0.3) is 0 Å². The molecule has 1 fully saturated rings. The predicted octanol–water partition coefficient (Wildman–Crippen LogP) is 0.435. The molecule has 19 heavy (non-hydrogen) atoms. The van der Waals surface area contributed by atoms with Crippen molar-refractivity contribution < 1.29 is 12.6 Å². The third-order valence-corrected chi connectivity index (χ3v) is 6.98. The lowest BCUT2D eigenvalue weighted by Crippen LogP contribution is -2.51. The molecule has 0 aliphatic carbocycles. The molecular weight excluding hydrogens is 286 g/mol. The fourth-order valence-corrected chi connectivity index (χ4v) is 5.04. The molecule has 0 amide bonds. The Balaban J connectivity index is 2.28. The van der Waals surface area contributed by atoms with Crippen LogP contribution < -0.4 is 0 Å². The monoisotopic (exact) mass is 305 g/mol. The van der Waals surface area contributed by atoms with Crippen molar-refractivity contribution >= 4 is 20.8 Å². The predicted molar refractivity (Wildman–Crippen MR) is 73.7 cm³/mol. The summed E-state index contributed by atoms with van der Waals surface area (Å²) in [6, 6.07) is 0. The average molecular weight is 305 g/mol. The molecule has 2 rings (SSSR count). The summed E-state index contributed by atoms with van der Waals surface area (Å²) in [5.41, 5.74) is 0. The molecule has 1 aliphatic rings. The number of nitrogens with zero attached hydrogens (tertiary/aromatic N) is 3. The van der Waals surface area contributed by atoms with Gasteiger partial charge in [0.1, 0.15) is 4.90 Å². The Labute approximate surface area is 116 Å². The maximum Gasteiger partial charge on any atom is 0.246 e. The van der Waals surface area contributed by atoms with Gasteiger partial charge in [0.25, 0.3) is 0 Å². The van der Waals surface area contributed by atoms with E-state index >= 15 is 0 Å². The fourth-order valence-electron chi connectivity index (χ4n) is 2.04. The molecule has 108 valence electrons. The summed E-state index contributed by atoms with van der Waals surface area (Å²) >= 11 is 0. The topological polar surface area (TPSA) is 72.3 Å². The van der Waals surface area contributed by atoms with Crippen LogP contribution >= 0.6 is 0 Å². The highest BCUT2D eigenvalue weighted by molar-refractivity contribution is 7.89. The van der Waals surface area contributed by atoms with E-state index in [1.807, 2.05) is 20.8 Å². The molecule has 8 heteroatoms. The van der Waals surface area contributed by atoms with E-state index in [1.165, 1.54) is 16.7 Å². The summed E-state index contributed by atoms with van der Waals surface area (Å²) in [5.74, 6) is 0.383. The lowest BCUT2D eigenvalue weighted by atomic mass is 10.2.